The lowest BCUT2D eigenvalue weighted by molar-refractivity contribution is 0.703. The molecule has 0 unspecified atom stereocenters. The number of rotatable bonds is 5. The number of hydrogen-bond acceptors (Lipinski definition) is 4. The van der Waals surface area contributed by atoms with E-state index in [0.717, 1.165) is 18.7 Å². The minimum absolute atomic E-state index is 0.143. The molecule has 0 spiro atoms. The van der Waals surface area contributed by atoms with Crippen molar-refractivity contribution in [1.29, 1.82) is 0 Å². The summed E-state index contributed by atoms with van der Waals surface area (Å²) in [5.41, 5.74) is 3.02. The van der Waals surface area contributed by atoms with Crippen LogP contribution in [0.1, 0.15) is 5.56 Å². The Morgan fingerprint density at radius 2 is 1.95 bits per heavy atom. The van der Waals surface area contributed by atoms with Gasteiger partial charge in [0.25, 0.3) is 5.56 Å². The first kappa shape index (κ1) is 15.6. The fourth-order valence-electron chi connectivity index (χ4n) is 1.94. The summed E-state index contributed by atoms with van der Waals surface area (Å²) in [5.74, 6) is 0. The summed E-state index contributed by atoms with van der Waals surface area (Å²) in [6, 6.07) is 8.44. The summed E-state index contributed by atoms with van der Waals surface area (Å²) in [6.45, 7) is 0.745. The molecule has 6 heteroatoms. The van der Waals surface area contributed by atoms with Gasteiger partial charge in [0.1, 0.15) is 4.47 Å². The number of aryl methyl sites for hydroxylation is 1. The number of hydrogen-bond donors (Lipinski definition) is 1. The Morgan fingerprint density at radius 3 is 2.57 bits per heavy atom. The molecule has 2 rings (SSSR count). The Hall–Kier alpha value is -1.82. The maximum Gasteiger partial charge on any atom is 0.282 e. The minimum Gasteiger partial charge on any atom is -0.382 e. The third-order valence-corrected chi connectivity index (χ3v) is 4.03. The average Bonchev–Trinajstić information content (AvgIpc) is 2.48. The highest BCUT2D eigenvalue weighted by Crippen LogP contribution is 2.16. The van der Waals surface area contributed by atoms with Gasteiger partial charge in [-0.05, 0) is 40.0 Å². The van der Waals surface area contributed by atoms with Gasteiger partial charge in [0.05, 0.1) is 11.9 Å². The van der Waals surface area contributed by atoms with Crippen LogP contribution < -0.4 is 15.8 Å². The van der Waals surface area contributed by atoms with Gasteiger partial charge in [-0.2, -0.15) is 5.10 Å². The van der Waals surface area contributed by atoms with Crippen LogP contribution in [0.15, 0.2) is 39.7 Å². The van der Waals surface area contributed by atoms with Crippen molar-refractivity contribution < 1.29 is 0 Å². The lowest BCUT2D eigenvalue weighted by Crippen LogP contribution is -2.21. The predicted octanol–water partition coefficient (Wildman–Crippen LogP) is 2.26. The fourth-order valence-corrected chi connectivity index (χ4v) is 2.44. The molecule has 1 heterocycles. The molecule has 1 aromatic carbocycles. The van der Waals surface area contributed by atoms with Gasteiger partial charge in [-0.15, -0.1) is 0 Å². The van der Waals surface area contributed by atoms with Gasteiger partial charge in [-0.1, -0.05) is 12.1 Å². The van der Waals surface area contributed by atoms with Crippen LogP contribution >= 0.6 is 15.9 Å². The summed E-state index contributed by atoms with van der Waals surface area (Å²) in [4.78, 5) is 13.8. The molecule has 21 heavy (non-hydrogen) atoms. The largest absolute Gasteiger partial charge is 0.382 e. The molecule has 0 radical (unpaired) electrons. The van der Waals surface area contributed by atoms with Gasteiger partial charge in [-0.3, -0.25) is 4.79 Å². The molecule has 2 aromatic rings. The first-order valence-electron chi connectivity index (χ1n) is 6.71. The lowest BCUT2D eigenvalue weighted by Gasteiger charge is -2.13. The highest BCUT2D eigenvalue weighted by Gasteiger charge is 2.06. The molecule has 1 N–H and O–H groups in total. The normalized spacial score (nSPS) is 10.5. The number of nitrogens with zero attached hydrogens (tertiary/aromatic N) is 3. The molecule has 5 nitrogen and oxygen atoms in total. The molecule has 0 bridgehead atoms. The Bertz CT molecular complexity index is 664. The van der Waals surface area contributed by atoms with Crippen molar-refractivity contribution in [1.82, 2.24) is 9.78 Å². The van der Waals surface area contributed by atoms with Gasteiger partial charge in [0.2, 0.25) is 0 Å². The van der Waals surface area contributed by atoms with E-state index in [4.69, 9.17) is 0 Å². The van der Waals surface area contributed by atoms with Gasteiger partial charge in [-0.25, -0.2) is 4.68 Å². The zero-order valence-electron chi connectivity index (χ0n) is 12.4. The second-order valence-electron chi connectivity index (χ2n) is 5.04. The summed E-state index contributed by atoms with van der Waals surface area (Å²) in [7, 11) is 5.68. The van der Waals surface area contributed by atoms with Gasteiger partial charge in [0.15, 0.2) is 0 Å². The zero-order chi connectivity index (χ0) is 15.4. The van der Waals surface area contributed by atoms with Crippen LogP contribution in [-0.4, -0.2) is 30.4 Å². The monoisotopic (exact) mass is 350 g/mol. The number of benzene rings is 1. The summed E-state index contributed by atoms with van der Waals surface area (Å²) < 4.78 is 1.82. The maximum atomic E-state index is 11.7. The molecular formula is C15H19BrN4O. The standard InChI is InChI=1S/C15H19BrN4O/c1-19(2)12-6-4-11(5-7-12)8-9-17-13-10-18-20(3)15(21)14(13)16/h4-7,10,17H,8-9H2,1-3H3. The van der Waals surface area contributed by atoms with Crippen molar-refractivity contribution in [3.05, 3.63) is 50.9 Å². The average molecular weight is 351 g/mol. The van der Waals surface area contributed by atoms with Crippen LogP contribution in [0.2, 0.25) is 0 Å². The van der Waals surface area contributed by atoms with E-state index in [-0.39, 0.29) is 5.56 Å². The summed E-state index contributed by atoms with van der Waals surface area (Å²) in [6.07, 6.45) is 2.54. The van der Waals surface area contributed by atoms with E-state index in [1.165, 1.54) is 15.9 Å². The minimum atomic E-state index is -0.143. The van der Waals surface area contributed by atoms with Crippen LogP contribution in [0, 0.1) is 0 Å². The van der Waals surface area contributed by atoms with Crippen molar-refractivity contribution in [3.8, 4) is 0 Å². The van der Waals surface area contributed by atoms with E-state index < -0.39 is 0 Å². The smallest absolute Gasteiger partial charge is 0.282 e. The Balaban J connectivity index is 1.95. The highest BCUT2D eigenvalue weighted by molar-refractivity contribution is 9.10. The molecule has 0 aliphatic heterocycles. The second-order valence-corrected chi connectivity index (χ2v) is 5.83. The van der Waals surface area contributed by atoms with Crippen molar-refractivity contribution in [2.24, 2.45) is 7.05 Å². The van der Waals surface area contributed by atoms with E-state index in [1.54, 1.807) is 13.2 Å². The van der Waals surface area contributed by atoms with Gasteiger partial charge < -0.3 is 10.2 Å². The molecule has 0 saturated heterocycles. The third-order valence-electron chi connectivity index (χ3n) is 3.26. The number of halogens is 1. The molecule has 112 valence electrons. The van der Waals surface area contributed by atoms with E-state index in [9.17, 15) is 4.79 Å². The topological polar surface area (TPSA) is 50.2 Å². The van der Waals surface area contributed by atoms with Crippen molar-refractivity contribution in [2.45, 2.75) is 6.42 Å². The first-order chi connectivity index (χ1) is 9.99. The SMILES string of the molecule is CN(C)c1ccc(CCNc2cnn(C)c(=O)c2Br)cc1. The van der Waals surface area contributed by atoms with E-state index in [2.05, 4.69) is 55.5 Å². The second kappa shape index (κ2) is 6.76. The zero-order valence-corrected chi connectivity index (χ0v) is 14.0. The van der Waals surface area contributed by atoms with Crippen LogP contribution in [0.5, 0.6) is 0 Å². The van der Waals surface area contributed by atoms with E-state index >= 15 is 0 Å². The number of anilines is 2. The predicted molar refractivity (Wildman–Crippen MR) is 90.1 cm³/mol. The maximum absolute atomic E-state index is 11.7. The lowest BCUT2D eigenvalue weighted by atomic mass is 10.1. The van der Waals surface area contributed by atoms with Crippen molar-refractivity contribution in [2.75, 3.05) is 30.9 Å². The highest BCUT2D eigenvalue weighted by atomic mass is 79.9. The van der Waals surface area contributed by atoms with E-state index in [0.29, 0.717) is 4.47 Å². The quantitative estimate of drug-likeness (QED) is 0.898. The Labute approximate surface area is 132 Å². The van der Waals surface area contributed by atoms with Crippen LogP contribution in [0.4, 0.5) is 11.4 Å². The van der Waals surface area contributed by atoms with Gasteiger partial charge in [0, 0.05) is 33.4 Å². The summed E-state index contributed by atoms with van der Waals surface area (Å²) >= 11 is 3.30. The number of nitrogens with one attached hydrogen (secondary N) is 1. The first-order valence-corrected chi connectivity index (χ1v) is 7.50. The molecular weight excluding hydrogens is 332 g/mol. The molecule has 0 aliphatic rings. The number of aromatic nitrogens is 2. The van der Waals surface area contributed by atoms with Crippen molar-refractivity contribution in [3.63, 3.8) is 0 Å². The van der Waals surface area contributed by atoms with E-state index in [1.807, 2.05) is 14.1 Å². The molecule has 0 saturated carbocycles. The Morgan fingerprint density at radius 1 is 1.29 bits per heavy atom. The van der Waals surface area contributed by atoms with Crippen molar-refractivity contribution >= 4 is 27.3 Å². The third kappa shape index (κ3) is 3.85. The van der Waals surface area contributed by atoms with Crippen LogP contribution in [-0.2, 0) is 13.5 Å². The van der Waals surface area contributed by atoms with Gasteiger partial charge >= 0.3 is 0 Å². The Kier molecular flexibility index (Phi) is 5.01. The molecule has 0 atom stereocenters. The van der Waals surface area contributed by atoms with Crippen LogP contribution in [0.25, 0.3) is 0 Å². The molecule has 1 aromatic heterocycles. The van der Waals surface area contributed by atoms with Crippen LogP contribution in [0.3, 0.4) is 0 Å². The summed E-state index contributed by atoms with van der Waals surface area (Å²) in [5, 5.41) is 7.24. The molecule has 0 fully saturated rings. The fraction of sp³-hybridized carbons (Fsp3) is 0.333. The molecule has 0 amide bonds. The molecule has 0 aliphatic carbocycles.